The molecule has 0 saturated carbocycles. The van der Waals surface area contributed by atoms with Crippen molar-refractivity contribution in [3.8, 4) is 5.75 Å². The van der Waals surface area contributed by atoms with Crippen LogP contribution >= 0.6 is 0 Å². The lowest BCUT2D eigenvalue weighted by Crippen LogP contribution is -2.42. The third-order valence-corrected chi connectivity index (χ3v) is 4.59. The number of hydrogen-bond donors (Lipinski definition) is 1. The molecule has 2 aromatic carbocycles. The van der Waals surface area contributed by atoms with Gasteiger partial charge in [-0.05, 0) is 24.6 Å². The summed E-state index contributed by atoms with van der Waals surface area (Å²) in [4.78, 5) is 34.9. The summed E-state index contributed by atoms with van der Waals surface area (Å²) in [6.45, 7) is 3.02. The highest BCUT2D eigenvalue weighted by Crippen LogP contribution is 2.36. The number of nitrogens with zero attached hydrogens (tertiary/aromatic N) is 1. The molecule has 1 aromatic heterocycles. The van der Waals surface area contributed by atoms with Crippen LogP contribution in [0.2, 0.25) is 0 Å². The Morgan fingerprint density at radius 1 is 1.18 bits per heavy atom. The van der Waals surface area contributed by atoms with E-state index in [0.29, 0.717) is 17.8 Å². The van der Waals surface area contributed by atoms with E-state index in [-0.39, 0.29) is 23.0 Å². The van der Waals surface area contributed by atoms with Crippen LogP contribution in [0.5, 0.6) is 5.75 Å². The number of primary amides is 1. The van der Waals surface area contributed by atoms with Gasteiger partial charge in [0.05, 0.1) is 16.5 Å². The molecule has 1 amide bonds. The molecule has 7 heteroatoms. The molecule has 0 aliphatic carbocycles. The van der Waals surface area contributed by atoms with Crippen molar-refractivity contribution in [1.29, 1.82) is 0 Å². The van der Waals surface area contributed by atoms with E-state index in [0.717, 1.165) is 12.5 Å². The monoisotopic (exact) mass is 382 g/mol. The highest BCUT2D eigenvalue weighted by atomic mass is 19.2. The number of Topliss-reactive ketones (excluding diaryl/α,β-unsaturated/α-hetero) is 1. The number of carbonyl (C=O) groups excluding carboxylic acids is 3. The lowest BCUT2D eigenvalue weighted by atomic mass is 10.1. The number of nitrogens with two attached hydrogens (primary N) is 1. The zero-order valence-corrected chi connectivity index (χ0v) is 15.4. The van der Waals surface area contributed by atoms with Gasteiger partial charge in [-0.2, -0.15) is 4.39 Å². The van der Waals surface area contributed by atoms with Crippen LogP contribution in [0.25, 0.3) is 10.9 Å². The van der Waals surface area contributed by atoms with Crippen molar-refractivity contribution in [2.24, 2.45) is 5.73 Å². The summed E-state index contributed by atoms with van der Waals surface area (Å²) in [5.74, 6) is -4.87. The van der Waals surface area contributed by atoms with Gasteiger partial charge in [0.1, 0.15) is 5.75 Å². The highest BCUT2D eigenvalue weighted by Gasteiger charge is 2.34. The molecule has 6 nitrogen and oxygen atoms in total. The first-order valence-electron chi connectivity index (χ1n) is 8.59. The molecule has 144 valence electrons. The molecule has 1 heterocycles. The second kappa shape index (κ2) is 7.26. The minimum atomic E-state index is -2.77. The zero-order chi connectivity index (χ0) is 20.5. The molecule has 28 heavy (non-hydrogen) atoms. The van der Waals surface area contributed by atoms with E-state index in [1.165, 1.54) is 6.07 Å². The lowest BCUT2D eigenvalue weighted by Gasteiger charge is -2.19. The van der Waals surface area contributed by atoms with Crippen molar-refractivity contribution in [3.63, 3.8) is 0 Å². The van der Waals surface area contributed by atoms with Crippen LogP contribution in [-0.2, 0) is 16.1 Å². The van der Waals surface area contributed by atoms with Crippen molar-refractivity contribution < 1.29 is 23.5 Å². The number of hydrogen-bond acceptors (Lipinski definition) is 4. The van der Waals surface area contributed by atoms with Crippen LogP contribution in [-0.4, -0.2) is 28.4 Å². The SMILES string of the molecule is Cc1c(C(=O)C=O)c2c(OC(C)(F)C(N)=O)cccc2n1Cc1ccccc1. The van der Waals surface area contributed by atoms with Crippen LogP contribution in [0.1, 0.15) is 28.5 Å². The Hall–Kier alpha value is -3.48. The lowest BCUT2D eigenvalue weighted by molar-refractivity contribution is -0.147. The second-order valence-electron chi connectivity index (χ2n) is 6.55. The quantitative estimate of drug-likeness (QED) is 0.386. The Labute approximate surface area is 160 Å². The molecule has 0 aliphatic heterocycles. The van der Waals surface area contributed by atoms with E-state index in [1.54, 1.807) is 19.1 Å². The number of carbonyl (C=O) groups is 3. The maximum absolute atomic E-state index is 14.4. The van der Waals surface area contributed by atoms with Crippen molar-refractivity contribution >= 4 is 28.9 Å². The first kappa shape index (κ1) is 19.3. The Morgan fingerprint density at radius 2 is 1.86 bits per heavy atom. The van der Waals surface area contributed by atoms with Crippen molar-refractivity contribution in [2.75, 3.05) is 0 Å². The molecule has 0 fully saturated rings. The van der Waals surface area contributed by atoms with Crippen LogP contribution in [0.4, 0.5) is 4.39 Å². The van der Waals surface area contributed by atoms with Gasteiger partial charge in [-0.1, -0.05) is 36.4 Å². The maximum Gasteiger partial charge on any atom is 0.323 e. The molecule has 2 N–H and O–H groups in total. The second-order valence-corrected chi connectivity index (χ2v) is 6.55. The third-order valence-electron chi connectivity index (χ3n) is 4.59. The molecule has 3 aromatic rings. The molecule has 3 rings (SSSR count). The molecular weight excluding hydrogens is 363 g/mol. The van der Waals surface area contributed by atoms with Crippen molar-refractivity contribution in [1.82, 2.24) is 4.57 Å². The number of ketones is 1. The van der Waals surface area contributed by atoms with Gasteiger partial charge in [0.25, 0.3) is 5.91 Å². The van der Waals surface area contributed by atoms with Crippen LogP contribution < -0.4 is 10.5 Å². The van der Waals surface area contributed by atoms with Gasteiger partial charge in [-0.3, -0.25) is 14.4 Å². The number of rotatable bonds is 7. The van der Waals surface area contributed by atoms with Gasteiger partial charge in [0.15, 0.2) is 6.29 Å². The average molecular weight is 382 g/mol. The third kappa shape index (κ3) is 3.38. The van der Waals surface area contributed by atoms with Gasteiger partial charge < -0.3 is 15.0 Å². The number of fused-ring (bicyclic) bond motifs is 1. The van der Waals surface area contributed by atoms with Crippen LogP contribution in [0, 0.1) is 6.92 Å². The fourth-order valence-corrected chi connectivity index (χ4v) is 3.16. The summed E-state index contributed by atoms with van der Waals surface area (Å²) in [5.41, 5.74) is 7.25. The Kier molecular flexibility index (Phi) is 5.00. The van der Waals surface area contributed by atoms with Crippen LogP contribution in [0.3, 0.4) is 0 Å². The normalized spacial score (nSPS) is 13.1. The Balaban J connectivity index is 2.25. The van der Waals surface area contributed by atoms with Crippen molar-refractivity contribution in [3.05, 3.63) is 65.4 Å². The largest absolute Gasteiger partial charge is 0.449 e. The summed E-state index contributed by atoms with van der Waals surface area (Å²) < 4.78 is 21.5. The fourth-order valence-electron chi connectivity index (χ4n) is 3.16. The van der Waals surface area contributed by atoms with Gasteiger partial charge in [-0.15, -0.1) is 0 Å². The minimum absolute atomic E-state index is 0.0404. The Morgan fingerprint density at radius 3 is 2.46 bits per heavy atom. The van der Waals surface area contributed by atoms with E-state index in [9.17, 15) is 18.8 Å². The molecule has 0 saturated heterocycles. The predicted octanol–water partition coefficient (Wildman–Crippen LogP) is 2.93. The molecular formula is C21H19FN2O4. The van der Waals surface area contributed by atoms with E-state index < -0.39 is 17.5 Å². The number of ether oxygens (including phenoxy) is 1. The number of amides is 1. The first-order valence-corrected chi connectivity index (χ1v) is 8.59. The number of benzene rings is 2. The first-order chi connectivity index (χ1) is 13.3. The molecule has 1 unspecified atom stereocenters. The molecule has 0 bridgehead atoms. The predicted molar refractivity (Wildman–Crippen MR) is 102 cm³/mol. The van der Waals surface area contributed by atoms with E-state index in [4.69, 9.17) is 10.5 Å². The number of aromatic nitrogens is 1. The average Bonchev–Trinajstić information content (AvgIpc) is 2.94. The van der Waals surface area contributed by atoms with E-state index in [1.807, 2.05) is 34.9 Å². The fraction of sp³-hybridized carbons (Fsp3) is 0.190. The maximum atomic E-state index is 14.4. The smallest absolute Gasteiger partial charge is 0.323 e. The number of alkyl halides is 1. The van der Waals surface area contributed by atoms with Crippen molar-refractivity contribution in [2.45, 2.75) is 26.2 Å². The van der Waals surface area contributed by atoms with E-state index >= 15 is 0 Å². The van der Waals surface area contributed by atoms with Gasteiger partial charge >= 0.3 is 5.85 Å². The summed E-state index contributed by atoms with van der Waals surface area (Å²) >= 11 is 0. The molecule has 1 atom stereocenters. The van der Waals surface area contributed by atoms with Gasteiger partial charge in [-0.25, -0.2) is 0 Å². The Bertz CT molecular complexity index is 1070. The number of aldehydes is 1. The minimum Gasteiger partial charge on any atom is -0.449 e. The molecule has 0 radical (unpaired) electrons. The summed E-state index contributed by atoms with van der Waals surface area (Å²) in [7, 11) is 0. The summed E-state index contributed by atoms with van der Waals surface area (Å²) in [6, 6.07) is 14.3. The molecule has 0 spiro atoms. The highest BCUT2D eigenvalue weighted by molar-refractivity contribution is 6.37. The summed E-state index contributed by atoms with van der Waals surface area (Å²) in [5, 5.41) is 0.262. The van der Waals surface area contributed by atoms with Crippen LogP contribution in [0.15, 0.2) is 48.5 Å². The van der Waals surface area contributed by atoms with E-state index in [2.05, 4.69) is 0 Å². The van der Waals surface area contributed by atoms with Gasteiger partial charge in [0.2, 0.25) is 5.78 Å². The van der Waals surface area contributed by atoms with Gasteiger partial charge in [0, 0.05) is 19.2 Å². The summed E-state index contributed by atoms with van der Waals surface area (Å²) in [6.07, 6.45) is 0.203. The standard InChI is InChI=1S/C21H19FN2O4/c1-13-18(16(26)12-25)19-15(24(13)11-14-7-4-3-5-8-14)9-6-10-17(19)28-21(2,22)20(23)27/h3-10,12H,11H2,1-2H3,(H2,23,27). The topological polar surface area (TPSA) is 91.4 Å². The number of halogens is 1. The zero-order valence-electron chi connectivity index (χ0n) is 15.4. The molecule has 0 aliphatic rings.